The molecule has 0 aliphatic heterocycles. The van der Waals surface area contributed by atoms with Gasteiger partial charge >= 0.3 is 0 Å². The van der Waals surface area contributed by atoms with Crippen LogP contribution < -0.4 is 0 Å². The molecule has 236 valence electrons. The van der Waals surface area contributed by atoms with E-state index < -0.39 is 0 Å². The van der Waals surface area contributed by atoms with Crippen LogP contribution in [-0.4, -0.2) is 8.97 Å². The molecule has 0 bridgehead atoms. The van der Waals surface area contributed by atoms with Crippen molar-refractivity contribution in [3.8, 4) is 27.9 Å². The van der Waals surface area contributed by atoms with Crippen LogP contribution in [-0.2, 0) is 10.8 Å². The van der Waals surface area contributed by atoms with Crippen LogP contribution in [0.25, 0.3) is 87.8 Å². The van der Waals surface area contributed by atoms with Gasteiger partial charge in [-0.1, -0.05) is 125 Å². The van der Waals surface area contributed by atoms with Crippen molar-refractivity contribution in [2.45, 2.75) is 38.5 Å². The number of benzene rings is 7. The van der Waals surface area contributed by atoms with Crippen molar-refractivity contribution in [1.82, 2.24) is 8.97 Å². The Morgan fingerprint density at radius 1 is 0.400 bits per heavy atom. The lowest BCUT2D eigenvalue weighted by atomic mass is 9.82. The second-order valence-corrected chi connectivity index (χ2v) is 15.7. The Labute approximate surface area is 290 Å². The molecule has 2 nitrogen and oxygen atoms in total. The van der Waals surface area contributed by atoms with Crippen LogP contribution in [0.3, 0.4) is 0 Å². The zero-order valence-electron chi connectivity index (χ0n) is 28.6. The van der Waals surface area contributed by atoms with E-state index in [0.717, 1.165) is 0 Å². The predicted molar refractivity (Wildman–Crippen MR) is 211 cm³/mol. The maximum atomic E-state index is 2.62. The molecular weight excluding hydrogens is 605 g/mol. The van der Waals surface area contributed by atoms with E-state index >= 15 is 0 Å². The van der Waals surface area contributed by atoms with Gasteiger partial charge in [-0.15, -0.1) is 0 Å². The molecule has 2 aliphatic rings. The van der Waals surface area contributed by atoms with Gasteiger partial charge in [0.05, 0.1) is 27.6 Å². The lowest BCUT2D eigenvalue weighted by Crippen LogP contribution is -2.14. The second kappa shape index (κ2) is 8.64. The summed E-state index contributed by atoms with van der Waals surface area (Å²) in [5.74, 6) is 0. The van der Waals surface area contributed by atoms with E-state index in [0.29, 0.717) is 0 Å². The van der Waals surface area contributed by atoms with Crippen LogP contribution in [0.5, 0.6) is 0 Å². The van der Waals surface area contributed by atoms with Gasteiger partial charge in [0.2, 0.25) is 0 Å². The largest absolute Gasteiger partial charge is 0.309 e. The summed E-state index contributed by atoms with van der Waals surface area (Å²) in [6.07, 6.45) is 0. The third-order valence-electron chi connectivity index (χ3n) is 12.6. The molecule has 3 aromatic heterocycles. The van der Waals surface area contributed by atoms with Gasteiger partial charge in [-0.25, -0.2) is 0 Å². The quantitative estimate of drug-likeness (QED) is 0.169. The first-order valence-electron chi connectivity index (χ1n) is 17.9. The summed E-state index contributed by atoms with van der Waals surface area (Å²) < 4.78 is 5.12. The molecule has 0 fully saturated rings. The normalized spacial score (nSPS) is 15.5. The third-order valence-corrected chi connectivity index (χ3v) is 12.6. The Bertz CT molecular complexity index is 3130. The topological polar surface area (TPSA) is 9.34 Å². The molecule has 2 heteroatoms. The van der Waals surface area contributed by atoms with Gasteiger partial charge in [0, 0.05) is 48.8 Å². The van der Waals surface area contributed by atoms with Gasteiger partial charge in [0.1, 0.15) is 0 Å². The van der Waals surface area contributed by atoms with Crippen molar-refractivity contribution >= 4 is 59.9 Å². The number of fused-ring (bicyclic) bond motifs is 18. The first kappa shape index (κ1) is 27.0. The van der Waals surface area contributed by atoms with Crippen molar-refractivity contribution in [1.29, 1.82) is 0 Å². The fraction of sp³-hybridized carbons (Fsp3) is 0.125. The number of nitrogens with zero attached hydrogens (tertiary/aromatic N) is 2. The molecule has 0 unspecified atom stereocenters. The van der Waals surface area contributed by atoms with Crippen LogP contribution in [0.15, 0.2) is 133 Å². The molecule has 0 saturated carbocycles. The third kappa shape index (κ3) is 2.89. The van der Waals surface area contributed by atoms with Gasteiger partial charge in [0.25, 0.3) is 0 Å². The van der Waals surface area contributed by atoms with Crippen LogP contribution >= 0.6 is 0 Å². The molecule has 0 spiro atoms. The SMILES string of the molecule is CC1(C)c2ccccc2-c2c1ccc1c2c2cc3c(c4ccccc4n3-c3ccccc3)c3c4c5c(ccc4n1c23)C(C)(C)c1ccccc1-5. The molecule has 2 aliphatic carbocycles. The van der Waals surface area contributed by atoms with Crippen molar-refractivity contribution < 1.29 is 0 Å². The molecular formula is C48H34N2. The van der Waals surface area contributed by atoms with Crippen LogP contribution in [0.1, 0.15) is 49.9 Å². The highest BCUT2D eigenvalue weighted by molar-refractivity contribution is 6.38. The van der Waals surface area contributed by atoms with Gasteiger partial charge in [-0.05, 0) is 80.9 Å². The standard InChI is InChI=1S/C48H34N2/c1-47(2)32-19-11-8-16-28(32)40-34(47)22-24-37-43(40)31-26-39-42(30-18-10-13-21-36(30)49(39)27-14-6-5-7-15-27)45-44-38(50(37)46(31)45)25-23-35-41(44)29-17-9-12-20-33(29)48(35,3)4/h5-26H,1-4H3. The van der Waals surface area contributed by atoms with Gasteiger partial charge in [-0.2, -0.15) is 0 Å². The van der Waals surface area contributed by atoms with Gasteiger partial charge in [0.15, 0.2) is 0 Å². The monoisotopic (exact) mass is 638 g/mol. The van der Waals surface area contributed by atoms with E-state index in [1.165, 1.54) is 110 Å². The highest BCUT2D eigenvalue weighted by Gasteiger charge is 2.40. The summed E-state index contributed by atoms with van der Waals surface area (Å²) in [7, 11) is 0. The smallest absolute Gasteiger partial charge is 0.0628 e. The van der Waals surface area contributed by atoms with Crippen LogP contribution in [0.2, 0.25) is 0 Å². The minimum atomic E-state index is -0.0819. The predicted octanol–water partition coefficient (Wildman–Crippen LogP) is 12.5. The summed E-state index contributed by atoms with van der Waals surface area (Å²) in [6.45, 7) is 9.58. The molecule has 0 N–H and O–H groups in total. The average molecular weight is 639 g/mol. The minimum absolute atomic E-state index is 0.0709. The van der Waals surface area contributed by atoms with E-state index in [-0.39, 0.29) is 10.8 Å². The molecule has 0 radical (unpaired) electrons. The van der Waals surface area contributed by atoms with E-state index in [2.05, 4.69) is 170 Å². The Balaban J connectivity index is 1.41. The molecule has 12 rings (SSSR count). The lowest BCUT2D eigenvalue weighted by Gasteiger charge is -2.21. The molecule has 0 amide bonds. The highest BCUT2D eigenvalue weighted by atomic mass is 15.0. The second-order valence-electron chi connectivity index (χ2n) is 15.7. The maximum Gasteiger partial charge on any atom is 0.0628 e. The van der Waals surface area contributed by atoms with E-state index in [9.17, 15) is 0 Å². The summed E-state index contributed by atoms with van der Waals surface area (Å²) in [4.78, 5) is 0. The summed E-state index contributed by atoms with van der Waals surface area (Å²) in [5, 5.41) is 8.10. The van der Waals surface area contributed by atoms with E-state index in [4.69, 9.17) is 0 Å². The van der Waals surface area contributed by atoms with Gasteiger partial charge < -0.3 is 8.97 Å². The maximum absolute atomic E-state index is 2.62. The van der Waals surface area contributed by atoms with Crippen molar-refractivity contribution in [3.05, 3.63) is 156 Å². The average Bonchev–Trinajstić information content (AvgIpc) is 3.88. The molecule has 50 heavy (non-hydrogen) atoms. The number of hydrogen-bond donors (Lipinski definition) is 0. The molecule has 0 atom stereocenters. The minimum Gasteiger partial charge on any atom is -0.309 e. The van der Waals surface area contributed by atoms with Crippen molar-refractivity contribution in [2.75, 3.05) is 0 Å². The zero-order chi connectivity index (χ0) is 33.3. The van der Waals surface area contributed by atoms with E-state index in [1.54, 1.807) is 0 Å². The van der Waals surface area contributed by atoms with Gasteiger partial charge in [-0.3, -0.25) is 0 Å². The molecule has 10 aromatic rings. The number of aromatic nitrogens is 2. The Morgan fingerprint density at radius 2 is 0.960 bits per heavy atom. The van der Waals surface area contributed by atoms with E-state index in [1.807, 2.05) is 0 Å². The first-order valence-corrected chi connectivity index (χ1v) is 17.9. The zero-order valence-corrected chi connectivity index (χ0v) is 28.6. The summed E-state index contributed by atoms with van der Waals surface area (Å²) in [6, 6.07) is 50.4. The fourth-order valence-corrected chi connectivity index (χ4v) is 10.5. The summed E-state index contributed by atoms with van der Waals surface area (Å²) >= 11 is 0. The lowest BCUT2D eigenvalue weighted by molar-refractivity contribution is 0.661. The fourth-order valence-electron chi connectivity index (χ4n) is 10.5. The van der Waals surface area contributed by atoms with Crippen molar-refractivity contribution in [2.24, 2.45) is 0 Å². The molecule has 0 saturated heterocycles. The Kier molecular flexibility index (Phi) is 4.67. The van der Waals surface area contributed by atoms with Crippen LogP contribution in [0.4, 0.5) is 0 Å². The highest BCUT2D eigenvalue weighted by Crippen LogP contribution is 2.58. The van der Waals surface area contributed by atoms with Crippen molar-refractivity contribution in [3.63, 3.8) is 0 Å². The number of hydrogen-bond acceptors (Lipinski definition) is 0. The molecule has 7 aromatic carbocycles. The number of para-hydroxylation sites is 2. The first-order chi connectivity index (χ1) is 24.4. The Hall–Kier alpha value is -5.86. The van der Waals surface area contributed by atoms with Crippen LogP contribution in [0, 0.1) is 0 Å². The number of rotatable bonds is 1. The Morgan fingerprint density at radius 3 is 1.64 bits per heavy atom. The molecule has 3 heterocycles. The summed E-state index contributed by atoms with van der Waals surface area (Å²) in [5.41, 5.74) is 18.7.